The Morgan fingerprint density at radius 1 is 1.21 bits per heavy atom. The van der Waals surface area contributed by atoms with E-state index in [2.05, 4.69) is 77.4 Å². The van der Waals surface area contributed by atoms with E-state index in [1.165, 1.54) is 51.1 Å². The van der Waals surface area contributed by atoms with Crippen LogP contribution < -0.4 is 5.32 Å². The quantitative estimate of drug-likeness (QED) is 0.178. The number of aromatic nitrogens is 3. The zero-order valence-electron chi connectivity index (χ0n) is 22.8. The molecule has 0 saturated carbocycles. The Balaban J connectivity index is 1.35. The third-order valence-corrected chi connectivity index (χ3v) is 10.1. The molecule has 0 bridgehead atoms. The number of anilines is 1. The molecule has 0 radical (unpaired) electrons. The van der Waals surface area contributed by atoms with Crippen molar-refractivity contribution < 1.29 is 14.3 Å². The smallest absolute Gasteiger partial charge is 0.341 e. The number of amides is 1. The maximum atomic E-state index is 13.0. The van der Waals surface area contributed by atoms with Crippen molar-refractivity contribution in [3.8, 4) is 22.5 Å². The van der Waals surface area contributed by atoms with Gasteiger partial charge in [0.25, 0.3) is 0 Å². The SMILES string of the molecule is CCn1c(SCC(=O)Nc2sc3c(c2C(=O)OC)CCC(C)C3)nnc1-c1csc(C)c1-c1ccc(C)cc1. The molecule has 0 fully saturated rings. The highest BCUT2D eigenvalue weighted by atomic mass is 32.2. The van der Waals surface area contributed by atoms with Crippen LogP contribution in [0.3, 0.4) is 0 Å². The van der Waals surface area contributed by atoms with Gasteiger partial charge in [-0.3, -0.25) is 4.79 Å². The molecule has 7 nitrogen and oxygen atoms in total. The first kappa shape index (κ1) is 27.6. The minimum absolute atomic E-state index is 0.158. The number of nitrogens with zero attached hydrogens (tertiary/aromatic N) is 3. The first-order valence-corrected chi connectivity index (χ1v) is 15.7. The average molecular weight is 581 g/mol. The van der Waals surface area contributed by atoms with Crippen molar-refractivity contribution in [3.63, 3.8) is 0 Å². The number of esters is 1. The van der Waals surface area contributed by atoms with Crippen molar-refractivity contribution in [1.29, 1.82) is 0 Å². The summed E-state index contributed by atoms with van der Waals surface area (Å²) in [7, 11) is 1.38. The normalized spacial score (nSPS) is 14.7. The second kappa shape index (κ2) is 11.7. The van der Waals surface area contributed by atoms with E-state index in [1.807, 2.05) is 0 Å². The molecule has 0 aliphatic heterocycles. The van der Waals surface area contributed by atoms with Crippen molar-refractivity contribution in [1.82, 2.24) is 14.8 Å². The van der Waals surface area contributed by atoms with Gasteiger partial charge in [-0.05, 0) is 57.1 Å². The van der Waals surface area contributed by atoms with Crippen LogP contribution in [0, 0.1) is 19.8 Å². The summed E-state index contributed by atoms with van der Waals surface area (Å²) in [6.45, 7) is 9.16. The topological polar surface area (TPSA) is 86.1 Å². The van der Waals surface area contributed by atoms with Gasteiger partial charge in [-0.2, -0.15) is 0 Å². The van der Waals surface area contributed by atoms with Crippen LogP contribution in [0.4, 0.5) is 5.00 Å². The number of rotatable bonds is 8. The largest absolute Gasteiger partial charge is 0.465 e. The van der Waals surface area contributed by atoms with E-state index in [1.54, 1.807) is 11.3 Å². The third-order valence-electron chi connectivity index (χ3n) is 7.08. The molecule has 1 amide bonds. The summed E-state index contributed by atoms with van der Waals surface area (Å²) in [6, 6.07) is 8.53. The number of aryl methyl sites for hydroxylation is 2. The Bertz CT molecular complexity index is 1520. The number of benzene rings is 1. The molecule has 1 atom stereocenters. The summed E-state index contributed by atoms with van der Waals surface area (Å²) in [4.78, 5) is 28.0. The molecule has 1 aromatic carbocycles. The van der Waals surface area contributed by atoms with Gasteiger partial charge in [0, 0.05) is 32.8 Å². The van der Waals surface area contributed by atoms with Gasteiger partial charge in [-0.25, -0.2) is 4.79 Å². The molecule has 0 spiro atoms. The number of fused-ring (bicyclic) bond motifs is 1. The van der Waals surface area contributed by atoms with Gasteiger partial charge in [0.05, 0.1) is 18.4 Å². The zero-order valence-corrected chi connectivity index (χ0v) is 25.2. The lowest BCUT2D eigenvalue weighted by molar-refractivity contribution is -0.113. The number of thioether (sulfide) groups is 1. The van der Waals surface area contributed by atoms with Crippen molar-refractivity contribution in [3.05, 3.63) is 56.1 Å². The molecule has 10 heteroatoms. The van der Waals surface area contributed by atoms with Crippen molar-refractivity contribution in [2.24, 2.45) is 5.92 Å². The van der Waals surface area contributed by atoms with Gasteiger partial charge in [-0.1, -0.05) is 48.5 Å². The van der Waals surface area contributed by atoms with Crippen LogP contribution in [0.1, 0.15) is 51.5 Å². The lowest BCUT2D eigenvalue weighted by atomic mass is 9.88. The number of hydrogen-bond donors (Lipinski definition) is 1. The van der Waals surface area contributed by atoms with Crippen molar-refractivity contribution in [2.45, 2.75) is 58.7 Å². The molecule has 204 valence electrons. The monoisotopic (exact) mass is 580 g/mol. The Hall–Kier alpha value is -2.95. The Morgan fingerprint density at radius 3 is 2.69 bits per heavy atom. The first-order chi connectivity index (χ1) is 18.8. The molecule has 1 N–H and O–H groups in total. The molecule has 1 aliphatic rings. The van der Waals surface area contributed by atoms with Crippen LogP contribution in [-0.4, -0.2) is 39.5 Å². The minimum atomic E-state index is -0.393. The summed E-state index contributed by atoms with van der Waals surface area (Å²) in [5.41, 5.74) is 6.13. The number of methoxy groups -OCH3 is 1. The second-order valence-corrected chi connectivity index (χ2v) is 13.0. The van der Waals surface area contributed by atoms with Crippen LogP contribution in [0.15, 0.2) is 34.8 Å². The van der Waals surface area contributed by atoms with Crippen molar-refractivity contribution >= 4 is 51.3 Å². The molecular formula is C29H32N4O3S3. The van der Waals surface area contributed by atoms with Crippen LogP contribution in [0.2, 0.25) is 0 Å². The Morgan fingerprint density at radius 2 is 1.97 bits per heavy atom. The highest BCUT2D eigenvalue weighted by Crippen LogP contribution is 2.41. The predicted octanol–water partition coefficient (Wildman–Crippen LogP) is 7.01. The third kappa shape index (κ3) is 5.55. The van der Waals surface area contributed by atoms with E-state index in [-0.39, 0.29) is 11.7 Å². The molecule has 3 aromatic heterocycles. The van der Waals surface area contributed by atoms with Crippen LogP contribution >= 0.6 is 34.4 Å². The lowest BCUT2D eigenvalue weighted by Crippen LogP contribution is -2.17. The van der Waals surface area contributed by atoms with Crippen molar-refractivity contribution in [2.75, 3.05) is 18.2 Å². The number of ether oxygens (including phenoxy) is 1. The van der Waals surface area contributed by atoms with E-state index in [4.69, 9.17) is 4.74 Å². The second-order valence-electron chi connectivity index (χ2n) is 9.88. The van der Waals surface area contributed by atoms with E-state index in [9.17, 15) is 9.59 Å². The molecule has 5 rings (SSSR count). The fourth-order valence-electron chi connectivity index (χ4n) is 5.03. The number of carbonyl (C=O) groups is 2. The highest BCUT2D eigenvalue weighted by molar-refractivity contribution is 7.99. The molecule has 3 heterocycles. The van der Waals surface area contributed by atoms with Crippen LogP contribution in [-0.2, 0) is 28.9 Å². The number of hydrogen-bond acceptors (Lipinski definition) is 8. The van der Waals surface area contributed by atoms with E-state index < -0.39 is 5.97 Å². The van der Waals surface area contributed by atoms with Gasteiger partial charge in [0.2, 0.25) is 5.91 Å². The summed E-state index contributed by atoms with van der Waals surface area (Å²) in [5.74, 6) is 0.944. The Labute approximate surface area is 241 Å². The van der Waals surface area contributed by atoms with Gasteiger partial charge in [-0.15, -0.1) is 32.9 Å². The summed E-state index contributed by atoms with van der Waals surface area (Å²) >= 11 is 4.55. The maximum absolute atomic E-state index is 13.0. The predicted molar refractivity (Wildman–Crippen MR) is 160 cm³/mol. The number of nitrogens with one attached hydrogen (secondary N) is 1. The van der Waals surface area contributed by atoms with E-state index in [0.717, 1.165) is 41.8 Å². The number of carbonyl (C=O) groups excluding carboxylic acids is 2. The fraction of sp³-hybridized carbons (Fsp3) is 0.379. The summed E-state index contributed by atoms with van der Waals surface area (Å²) < 4.78 is 7.11. The average Bonchev–Trinajstić information content (AvgIpc) is 3.61. The molecule has 1 unspecified atom stereocenters. The zero-order chi connectivity index (χ0) is 27.7. The van der Waals surface area contributed by atoms with Crippen LogP contribution in [0.25, 0.3) is 22.5 Å². The maximum Gasteiger partial charge on any atom is 0.341 e. The number of thiophene rings is 2. The summed E-state index contributed by atoms with van der Waals surface area (Å²) in [6.07, 6.45) is 2.78. The molecule has 4 aromatic rings. The standard InChI is InChI=1S/C29H32N4O3S3/c1-6-33-26(21-14-37-18(4)24(21)19-10-7-16(2)8-11-19)31-32-29(33)38-15-23(34)30-27-25(28(35)36-5)20-12-9-17(3)13-22(20)39-27/h7-8,10-11,14,17H,6,9,12-13,15H2,1-5H3,(H,30,34). The minimum Gasteiger partial charge on any atom is -0.465 e. The van der Waals surface area contributed by atoms with Gasteiger partial charge >= 0.3 is 5.97 Å². The van der Waals surface area contributed by atoms with Gasteiger partial charge < -0.3 is 14.6 Å². The molecule has 0 saturated heterocycles. The lowest BCUT2D eigenvalue weighted by Gasteiger charge is -2.18. The highest BCUT2D eigenvalue weighted by Gasteiger charge is 2.29. The van der Waals surface area contributed by atoms with E-state index in [0.29, 0.717) is 28.2 Å². The van der Waals surface area contributed by atoms with E-state index >= 15 is 0 Å². The fourth-order valence-corrected chi connectivity index (χ4v) is 8.11. The molecular weight excluding hydrogens is 549 g/mol. The molecule has 1 aliphatic carbocycles. The van der Waals surface area contributed by atoms with Gasteiger partial charge in [0.1, 0.15) is 5.00 Å². The molecule has 39 heavy (non-hydrogen) atoms. The van der Waals surface area contributed by atoms with Crippen LogP contribution in [0.5, 0.6) is 0 Å². The first-order valence-electron chi connectivity index (χ1n) is 13.0. The Kier molecular flexibility index (Phi) is 8.25. The van der Waals surface area contributed by atoms with Gasteiger partial charge in [0.15, 0.2) is 11.0 Å². The summed E-state index contributed by atoms with van der Waals surface area (Å²) in [5, 5.41) is 15.4.